The first kappa shape index (κ1) is 14.8. The number of rotatable bonds is 6. The van der Waals surface area contributed by atoms with Crippen molar-refractivity contribution in [1.29, 1.82) is 0 Å². The van der Waals surface area contributed by atoms with Crippen LogP contribution in [0.4, 0.5) is 0 Å². The van der Waals surface area contributed by atoms with Crippen LogP contribution in [-0.2, 0) is 0 Å². The SMILES string of the molecule is CCC(C)(CN)C(O)c1cc(OC)cc(OC)c1. The second-order valence-electron chi connectivity index (χ2n) is 4.76. The van der Waals surface area contributed by atoms with E-state index in [4.69, 9.17) is 15.2 Å². The molecular formula is C14H23NO3. The number of nitrogens with two attached hydrogens (primary N) is 1. The van der Waals surface area contributed by atoms with Crippen molar-refractivity contribution in [3.8, 4) is 11.5 Å². The Bertz CT molecular complexity index is 366. The molecule has 1 aromatic rings. The van der Waals surface area contributed by atoms with Gasteiger partial charge >= 0.3 is 0 Å². The van der Waals surface area contributed by atoms with Gasteiger partial charge in [-0.15, -0.1) is 0 Å². The molecule has 0 aliphatic rings. The van der Waals surface area contributed by atoms with Crippen LogP contribution >= 0.6 is 0 Å². The highest BCUT2D eigenvalue weighted by molar-refractivity contribution is 5.39. The van der Waals surface area contributed by atoms with E-state index in [-0.39, 0.29) is 5.41 Å². The smallest absolute Gasteiger partial charge is 0.122 e. The minimum absolute atomic E-state index is 0.350. The summed E-state index contributed by atoms with van der Waals surface area (Å²) in [4.78, 5) is 0. The molecule has 0 aliphatic heterocycles. The van der Waals surface area contributed by atoms with E-state index in [1.165, 1.54) is 0 Å². The maximum absolute atomic E-state index is 10.5. The van der Waals surface area contributed by atoms with Crippen LogP contribution in [0.15, 0.2) is 18.2 Å². The molecule has 0 amide bonds. The first-order valence-corrected chi connectivity index (χ1v) is 6.11. The summed E-state index contributed by atoms with van der Waals surface area (Å²) in [6.45, 7) is 4.42. The lowest BCUT2D eigenvalue weighted by Crippen LogP contribution is -2.33. The lowest BCUT2D eigenvalue weighted by Gasteiger charge is -2.32. The molecule has 0 heterocycles. The largest absolute Gasteiger partial charge is 0.497 e. The minimum Gasteiger partial charge on any atom is -0.497 e. The molecule has 1 rings (SSSR count). The van der Waals surface area contributed by atoms with E-state index in [0.29, 0.717) is 18.0 Å². The van der Waals surface area contributed by atoms with E-state index in [0.717, 1.165) is 12.0 Å². The monoisotopic (exact) mass is 253 g/mol. The van der Waals surface area contributed by atoms with Gasteiger partial charge in [-0.1, -0.05) is 13.8 Å². The van der Waals surface area contributed by atoms with Crippen LogP contribution in [0.3, 0.4) is 0 Å². The number of ether oxygens (including phenoxy) is 2. The Labute approximate surface area is 109 Å². The fourth-order valence-electron chi connectivity index (χ4n) is 1.84. The number of methoxy groups -OCH3 is 2. The fourth-order valence-corrected chi connectivity index (χ4v) is 1.84. The summed E-state index contributed by atoms with van der Waals surface area (Å²) < 4.78 is 10.4. The Kier molecular flexibility index (Phi) is 4.99. The zero-order valence-electron chi connectivity index (χ0n) is 11.6. The van der Waals surface area contributed by atoms with Gasteiger partial charge in [-0.3, -0.25) is 0 Å². The molecule has 0 radical (unpaired) electrons. The highest BCUT2D eigenvalue weighted by atomic mass is 16.5. The Hall–Kier alpha value is -1.26. The van der Waals surface area contributed by atoms with Crippen molar-refractivity contribution >= 4 is 0 Å². The van der Waals surface area contributed by atoms with E-state index >= 15 is 0 Å². The molecule has 0 saturated carbocycles. The standard InChI is InChI=1S/C14H23NO3/c1-5-14(2,9-15)13(16)10-6-11(17-3)8-12(7-10)18-4/h6-8,13,16H,5,9,15H2,1-4H3. The molecule has 0 bridgehead atoms. The Morgan fingerprint density at radius 3 is 2.06 bits per heavy atom. The summed E-state index contributed by atoms with van der Waals surface area (Å²) in [5.41, 5.74) is 6.19. The zero-order valence-corrected chi connectivity index (χ0v) is 11.6. The summed E-state index contributed by atoms with van der Waals surface area (Å²) in [5.74, 6) is 1.33. The first-order valence-electron chi connectivity index (χ1n) is 6.11. The highest BCUT2D eigenvalue weighted by Gasteiger charge is 2.31. The average molecular weight is 253 g/mol. The van der Waals surface area contributed by atoms with Gasteiger partial charge < -0.3 is 20.3 Å². The van der Waals surface area contributed by atoms with Crippen molar-refractivity contribution in [2.45, 2.75) is 26.4 Å². The highest BCUT2D eigenvalue weighted by Crippen LogP contribution is 2.38. The molecule has 0 fully saturated rings. The van der Waals surface area contributed by atoms with Gasteiger partial charge in [0.25, 0.3) is 0 Å². The van der Waals surface area contributed by atoms with Crippen LogP contribution in [0.25, 0.3) is 0 Å². The van der Waals surface area contributed by atoms with Crippen molar-refractivity contribution < 1.29 is 14.6 Å². The molecule has 3 N–H and O–H groups in total. The molecule has 2 atom stereocenters. The van der Waals surface area contributed by atoms with Crippen LogP contribution in [-0.4, -0.2) is 25.9 Å². The van der Waals surface area contributed by atoms with Crippen LogP contribution in [0.1, 0.15) is 31.9 Å². The molecule has 0 saturated heterocycles. The second-order valence-corrected chi connectivity index (χ2v) is 4.76. The first-order chi connectivity index (χ1) is 8.50. The van der Waals surface area contributed by atoms with Gasteiger partial charge in [0, 0.05) is 18.0 Å². The molecule has 18 heavy (non-hydrogen) atoms. The normalized spacial score (nSPS) is 15.9. The average Bonchev–Trinajstić information content (AvgIpc) is 2.44. The zero-order chi connectivity index (χ0) is 13.8. The molecule has 0 spiro atoms. The quantitative estimate of drug-likeness (QED) is 0.815. The summed E-state index contributed by atoms with van der Waals surface area (Å²) in [5, 5.41) is 10.5. The van der Waals surface area contributed by atoms with Gasteiger partial charge in [0.1, 0.15) is 11.5 Å². The molecule has 4 nitrogen and oxygen atoms in total. The van der Waals surface area contributed by atoms with Crippen molar-refractivity contribution in [2.75, 3.05) is 20.8 Å². The van der Waals surface area contributed by atoms with Gasteiger partial charge in [0.15, 0.2) is 0 Å². The summed E-state index contributed by atoms with van der Waals surface area (Å²) >= 11 is 0. The fraction of sp³-hybridized carbons (Fsp3) is 0.571. The lowest BCUT2D eigenvalue weighted by molar-refractivity contribution is 0.0388. The van der Waals surface area contributed by atoms with Crippen molar-refractivity contribution in [3.63, 3.8) is 0 Å². The van der Waals surface area contributed by atoms with Crippen LogP contribution in [0, 0.1) is 5.41 Å². The van der Waals surface area contributed by atoms with Crippen molar-refractivity contribution in [3.05, 3.63) is 23.8 Å². The summed E-state index contributed by atoms with van der Waals surface area (Å²) in [6, 6.07) is 5.41. The number of hydrogen-bond acceptors (Lipinski definition) is 4. The maximum atomic E-state index is 10.5. The predicted octanol–water partition coefficient (Wildman–Crippen LogP) is 2.11. The summed E-state index contributed by atoms with van der Waals surface area (Å²) in [7, 11) is 3.18. The number of hydrogen-bond donors (Lipinski definition) is 2. The molecule has 2 unspecified atom stereocenters. The van der Waals surface area contributed by atoms with Gasteiger partial charge in [-0.25, -0.2) is 0 Å². The van der Waals surface area contributed by atoms with Gasteiger partial charge in [0.2, 0.25) is 0 Å². The number of benzene rings is 1. The predicted molar refractivity (Wildman–Crippen MR) is 72.0 cm³/mol. The third-order valence-electron chi connectivity index (χ3n) is 3.62. The van der Waals surface area contributed by atoms with Crippen molar-refractivity contribution in [2.24, 2.45) is 11.1 Å². The molecular weight excluding hydrogens is 230 g/mol. The van der Waals surface area contributed by atoms with Gasteiger partial charge in [0.05, 0.1) is 20.3 Å². The van der Waals surface area contributed by atoms with E-state index in [1.54, 1.807) is 20.3 Å². The third-order valence-corrected chi connectivity index (χ3v) is 3.62. The maximum Gasteiger partial charge on any atom is 0.122 e. The Balaban J connectivity index is 3.15. The van der Waals surface area contributed by atoms with Crippen molar-refractivity contribution in [1.82, 2.24) is 0 Å². The van der Waals surface area contributed by atoms with E-state index < -0.39 is 6.10 Å². The van der Waals surface area contributed by atoms with Crippen LogP contribution < -0.4 is 15.2 Å². The molecule has 4 heteroatoms. The van der Waals surface area contributed by atoms with E-state index in [2.05, 4.69) is 0 Å². The topological polar surface area (TPSA) is 64.7 Å². The molecule has 102 valence electrons. The van der Waals surface area contributed by atoms with Crippen LogP contribution in [0.5, 0.6) is 11.5 Å². The Morgan fingerprint density at radius 1 is 1.22 bits per heavy atom. The molecule has 0 aliphatic carbocycles. The minimum atomic E-state index is -0.642. The number of aliphatic hydroxyl groups is 1. The second kappa shape index (κ2) is 6.07. The number of aliphatic hydroxyl groups excluding tert-OH is 1. The lowest BCUT2D eigenvalue weighted by atomic mass is 9.78. The third kappa shape index (κ3) is 2.94. The molecule has 0 aromatic heterocycles. The van der Waals surface area contributed by atoms with Gasteiger partial charge in [-0.2, -0.15) is 0 Å². The van der Waals surface area contributed by atoms with Gasteiger partial charge in [-0.05, 0) is 24.1 Å². The summed E-state index contributed by atoms with van der Waals surface area (Å²) in [6.07, 6.45) is 0.154. The Morgan fingerprint density at radius 2 is 1.72 bits per heavy atom. The van der Waals surface area contributed by atoms with E-state index in [9.17, 15) is 5.11 Å². The van der Waals surface area contributed by atoms with E-state index in [1.807, 2.05) is 26.0 Å². The molecule has 1 aromatic carbocycles. The van der Waals surface area contributed by atoms with Crippen LogP contribution in [0.2, 0.25) is 0 Å².